The molecule has 0 spiro atoms. The van der Waals surface area contributed by atoms with E-state index in [-0.39, 0.29) is 17.5 Å². The standard InChI is InChI=1S/C24H32N4O4/c1-15-13-17-18(14-16(15)10-11-24(2,3)4)28(12-8-6-5-7-9-19(29)30)21-20(25-17)22(31)27-23(32)26-21/h13-14H,5-12H2,1-4H3,(H,29,30)(H,27,31,32). The van der Waals surface area contributed by atoms with Gasteiger partial charge in [0, 0.05) is 13.0 Å². The monoisotopic (exact) mass is 440 g/mol. The van der Waals surface area contributed by atoms with Crippen LogP contribution in [0.1, 0.15) is 70.4 Å². The number of benzene rings is 1. The minimum atomic E-state index is -0.782. The zero-order valence-electron chi connectivity index (χ0n) is 19.3. The molecule has 1 aromatic rings. The van der Waals surface area contributed by atoms with E-state index in [1.54, 1.807) is 0 Å². The number of hydrogen-bond donors (Lipinski definition) is 2. The van der Waals surface area contributed by atoms with Gasteiger partial charge in [-0.05, 0) is 61.3 Å². The van der Waals surface area contributed by atoms with Crippen LogP contribution in [0.4, 0.5) is 0 Å². The van der Waals surface area contributed by atoms with Crippen LogP contribution < -0.4 is 11.2 Å². The van der Waals surface area contributed by atoms with Crippen molar-refractivity contribution in [2.75, 3.05) is 0 Å². The molecule has 2 aliphatic heterocycles. The van der Waals surface area contributed by atoms with E-state index in [0.717, 1.165) is 43.2 Å². The topological polar surface area (TPSA) is 118 Å². The molecule has 0 fully saturated rings. The lowest BCUT2D eigenvalue weighted by Gasteiger charge is -2.21. The number of carboxylic acids is 1. The fourth-order valence-corrected chi connectivity index (χ4v) is 3.89. The Morgan fingerprint density at radius 1 is 1.09 bits per heavy atom. The number of nitrogens with one attached hydrogen (secondary N) is 1. The molecular weight excluding hydrogens is 408 g/mol. The lowest BCUT2D eigenvalue weighted by Crippen LogP contribution is -2.29. The van der Waals surface area contributed by atoms with Crippen molar-refractivity contribution in [3.8, 4) is 11.5 Å². The smallest absolute Gasteiger partial charge is 0.349 e. The highest BCUT2D eigenvalue weighted by Gasteiger charge is 2.20. The summed E-state index contributed by atoms with van der Waals surface area (Å²) in [5, 5.41) is 8.80. The first-order valence-corrected chi connectivity index (χ1v) is 11.2. The number of fused-ring (bicyclic) bond motifs is 2. The molecule has 1 aromatic carbocycles. The lowest BCUT2D eigenvalue weighted by molar-refractivity contribution is -0.137. The fourth-order valence-electron chi connectivity index (χ4n) is 3.89. The summed E-state index contributed by atoms with van der Waals surface area (Å²) in [4.78, 5) is 45.9. The summed E-state index contributed by atoms with van der Waals surface area (Å²) in [6, 6.07) is 4.11. The van der Waals surface area contributed by atoms with Gasteiger partial charge in [0.05, 0.1) is 11.0 Å². The van der Waals surface area contributed by atoms with Crippen LogP contribution in [0, 0.1) is 12.3 Å². The minimum absolute atomic E-state index is 0.157. The van der Waals surface area contributed by atoms with Gasteiger partial charge in [-0.3, -0.25) is 14.6 Å². The third kappa shape index (κ3) is 5.81. The van der Waals surface area contributed by atoms with E-state index in [1.165, 1.54) is 5.56 Å². The summed E-state index contributed by atoms with van der Waals surface area (Å²) in [6.45, 7) is 9.28. The Morgan fingerprint density at radius 2 is 1.81 bits per heavy atom. The van der Waals surface area contributed by atoms with Crippen LogP contribution in [0.25, 0.3) is 22.6 Å². The lowest BCUT2D eigenvalue weighted by atomic mass is 9.87. The van der Waals surface area contributed by atoms with E-state index in [1.807, 2.05) is 10.6 Å². The molecule has 0 aromatic heterocycles. The predicted octanol–water partition coefficient (Wildman–Crippen LogP) is 3.91. The Morgan fingerprint density at radius 3 is 2.50 bits per heavy atom. The van der Waals surface area contributed by atoms with Gasteiger partial charge < -0.3 is 9.67 Å². The van der Waals surface area contributed by atoms with Crippen molar-refractivity contribution >= 4 is 17.0 Å². The molecule has 32 heavy (non-hydrogen) atoms. The van der Waals surface area contributed by atoms with Crippen LogP contribution in [-0.4, -0.2) is 30.6 Å². The summed E-state index contributed by atoms with van der Waals surface area (Å²) >= 11 is 0. The molecule has 8 nitrogen and oxygen atoms in total. The van der Waals surface area contributed by atoms with E-state index in [9.17, 15) is 14.4 Å². The largest absolute Gasteiger partial charge is 0.481 e. The molecule has 0 saturated carbocycles. The van der Waals surface area contributed by atoms with Gasteiger partial charge >= 0.3 is 11.7 Å². The van der Waals surface area contributed by atoms with Crippen LogP contribution in [0.2, 0.25) is 0 Å². The highest BCUT2D eigenvalue weighted by Crippen LogP contribution is 2.28. The Bertz CT molecular complexity index is 1200. The zero-order chi connectivity index (χ0) is 23.5. The molecule has 0 atom stereocenters. The van der Waals surface area contributed by atoms with Crippen molar-refractivity contribution in [1.29, 1.82) is 0 Å². The van der Waals surface area contributed by atoms with Gasteiger partial charge in [-0.25, -0.2) is 9.78 Å². The first-order chi connectivity index (χ1) is 15.0. The van der Waals surface area contributed by atoms with Crippen molar-refractivity contribution in [2.24, 2.45) is 5.41 Å². The van der Waals surface area contributed by atoms with E-state index >= 15 is 0 Å². The molecule has 172 valence electrons. The average molecular weight is 441 g/mol. The molecule has 0 aliphatic carbocycles. The first kappa shape index (κ1) is 23.6. The second kappa shape index (κ2) is 9.63. The van der Waals surface area contributed by atoms with Crippen LogP contribution >= 0.6 is 0 Å². The van der Waals surface area contributed by atoms with Crippen molar-refractivity contribution in [3.05, 3.63) is 44.1 Å². The average Bonchev–Trinajstić information content (AvgIpc) is 2.68. The Hall–Kier alpha value is -3.03. The third-order valence-corrected chi connectivity index (χ3v) is 5.73. The number of unbranched alkanes of at least 4 members (excludes halogenated alkanes) is 3. The van der Waals surface area contributed by atoms with Gasteiger partial charge in [0.1, 0.15) is 0 Å². The molecule has 3 rings (SSSR count). The maximum atomic E-state index is 12.4. The second-order valence-corrected chi connectivity index (χ2v) is 9.69. The molecular formula is C24H32N4O4. The summed E-state index contributed by atoms with van der Waals surface area (Å²) in [6.07, 6.45) is 5.21. The number of carbonyl (C=O) groups is 1. The number of rotatable bonds is 9. The van der Waals surface area contributed by atoms with Crippen molar-refractivity contribution < 1.29 is 9.90 Å². The number of aromatic amines is 1. The maximum Gasteiger partial charge on any atom is 0.349 e. The molecule has 8 heteroatoms. The molecule has 2 N–H and O–H groups in total. The summed E-state index contributed by atoms with van der Waals surface area (Å²) in [5.41, 5.74) is 3.05. The number of carboxylic acid groups (broad SMARTS) is 1. The number of aryl methyl sites for hydroxylation is 3. The predicted molar refractivity (Wildman–Crippen MR) is 124 cm³/mol. The quantitative estimate of drug-likeness (QED) is 0.385. The number of aromatic nitrogens is 4. The highest BCUT2D eigenvalue weighted by atomic mass is 16.4. The van der Waals surface area contributed by atoms with Gasteiger partial charge in [-0.1, -0.05) is 33.6 Å². The highest BCUT2D eigenvalue weighted by molar-refractivity contribution is 5.81. The first-order valence-electron chi connectivity index (χ1n) is 11.2. The number of H-pyrrole nitrogens is 1. The van der Waals surface area contributed by atoms with E-state index in [2.05, 4.69) is 48.7 Å². The van der Waals surface area contributed by atoms with E-state index in [4.69, 9.17) is 5.11 Å². The van der Waals surface area contributed by atoms with Crippen molar-refractivity contribution in [3.63, 3.8) is 0 Å². The maximum absolute atomic E-state index is 12.4. The SMILES string of the molecule is Cc1cc2nc3c(=O)[nH]c(=O)nc-3n(CCCCCCC(=O)O)c2cc1CCC(C)(C)C. The second-order valence-electron chi connectivity index (χ2n) is 9.69. The minimum Gasteiger partial charge on any atom is -0.481 e. The molecule has 0 amide bonds. The van der Waals surface area contributed by atoms with Gasteiger partial charge in [0.2, 0.25) is 0 Å². The molecule has 2 aliphatic rings. The molecule has 0 radical (unpaired) electrons. The molecule has 0 bridgehead atoms. The normalized spacial score (nSPS) is 12.0. The summed E-state index contributed by atoms with van der Waals surface area (Å²) in [5.74, 6) is -0.488. The molecule has 0 unspecified atom stereocenters. The van der Waals surface area contributed by atoms with E-state index in [0.29, 0.717) is 24.3 Å². The number of aliphatic carboxylic acids is 1. The fraction of sp³-hybridized carbons (Fsp3) is 0.542. The molecule has 2 heterocycles. The van der Waals surface area contributed by atoms with Crippen LogP contribution in [-0.2, 0) is 17.8 Å². The Kier molecular flexibility index (Phi) is 7.11. The van der Waals surface area contributed by atoms with Crippen molar-refractivity contribution in [1.82, 2.24) is 19.5 Å². The van der Waals surface area contributed by atoms with Gasteiger partial charge in [-0.2, -0.15) is 4.98 Å². The van der Waals surface area contributed by atoms with Gasteiger partial charge in [-0.15, -0.1) is 0 Å². The van der Waals surface area contributed by atoms with E-state index < -0.39 is 17.2 Å². The summed E-state index contributed by atoms with van der Waals surface area (Å²) < 4.78 is 1.92. The van der Waals surface area contributed by atoms with Gasteiger partial charge in [0.25, 0.3) is 5.56 Å². The van der Waals surface area contributed by atoms with Crippen molar-refractivity contribution in [2.45, 2.75) is 79.2 Å². The van der Waals surface area contributed by atoms with Crippen LogP contribution in [0.5, 0.6) is 0 Å². The Balaban J connectivity index is 2.01. The Labute approximate surface area is 187 Å². The van der Waals surface area contributed by atoms with Crippen LogP contribution in [0.3, 0.4) is 0 Å². The van der Waals surface area contributed by atoms with Crippen LogP contribution in [0.15, 0.2) is 21.7 Å². The molecule has 0 saturated heterocycles. The number of nitrogens with zero attached hydrogens (tertiary/aromatic N) is 3. The number of hydrogen-bond acceptors (Lipinski definition) is 5. The third-order valence-electron chi connectivity index (χ3n) is 5.73. The summed E-state index contributed by atoms with van der Waals surface area (Å²) in [7, 11) is 0. The van der Waals surface area contributed by atoms with Gasteiger partial charge in [0.15, 0.2) is 11.5 Å². The zero-order valence-corrected chi connectivity index (χ0v) is 19.3.